The fourth-order valence-electron chi connectivity index (χ4n) is 10.00. The quantitative estimate of drug-likeness (QED) is 0.0480. The van der Waals surface area contributed by atoms with Crippen LogP contribution in [-0.4, -0.2) is 59.3 Å². The van der Waals surface area contributed by atoms with Gasteiger partial charge in [-0.05, 0) is 123 Å². The van der Waals surface area contributed by atoms with Crippen molar-refractivity contribution < 1.29 is 30.3 Å². The summed E-state index contributed by atoms with van der Waals surface area (Å²) in [6, 6.07) is 13.2. The molecule has 0 unspecified atom stereocenters. The van der Waals surface area contributed by atoms with Gasteiger partial charge in [0.1, 0.15) is 11.6 Å². The fraction of sp³-hybridized carbons (Fsp3) is 0.565. The Morgan fingerprint density at radius 3 is 2.49 bits per heavy atom. The van der Waals surface area contributed by atoms with Gasteiger partial charge < -0.3 is 36.3 Å². The molecule has 6 rings (SSSR count). The van der Waals surface area contributed by atoms with Gasteiger partial charge in [-0.1, -0.05) is 81.9 Å². The number of phenolic OH excluding ortho intramolecular Hbond substituents is 1. The third kappa shape index (κ3) is 10.5. The SMILES string of the molecule is CCCCC[C@@H]1C=C[C@@H](CCCCC[C@H](C(=O)O)[C@H](O)[C@@H]2C=C[C@H]3[C@@H](Cc4ccnc(N)c4)C[C@@H](Cc4cc(Cc5ccc(O)cc5)c[nH]4)[C@@]3(O)C2)[C@H](O)C1. The van der Waals surface area contributed by atoms with E-state index in [-0.39, 0.29) is 35.5 Å². The minimum Gasteiger partial charge on any atom is -0.508 e. The average Bonchev–Trinajstić information content (AvgIpc) is 3.71. The molecule has 2 heterocycles. The molecule has 0 aliphatic heterocycles. The fourth-order valence-corrected chi connectivity index (χ4v) is 10.00. The van der Waals surface area contributed by atoms with Gasteiger partial charge in [-0.25, -0.2) is 4.98 Å². The minimum atomic E-state index is -1.13. The molecule has 10 atom stereocenters. The zero-order valence-corrected chi connectivity index (χ0v) is 32.5. The molecule has 0 saturated heterocycles. The molecule has 0 spiro atoms. The van der Waals surface area contributed by atoms with Crippen molar-refractivity contribution in [1.29, 1.82) is 0 Å². The number of rotatable bonds is 19. The average molecular weight is 754 g/mol. The Kier molecular flexibility index (Phi) is 13.9. The van der Waals surface area contributed by atoms with Crippen molar-refractivity contribution in [2.75, 3.05) is 5.73 Å². The third-order valence-corrected chi connectivity index (χ3v) is 13.0. The van der Waals surface area contributed by atoms with Crippen LogP contribution in [0, 0.1) is 41.4 Å². The van der Waals surface area contributed by atoms with Crippen LogP contribution in [0.2, 0.25) is 0 Å². The van der Waals surface area contributed by atoms with Crippen LogP contribution in [-0.2, 0) is 24.1 Å². The van der Waals surface area contributed by atoms with Gasteiger partial charge >= 0.3 is 5.97 Å². The van der Waals surface area contributed by atoms with E-state index in [0.717, 1.165) is 67.3 Å². The van der Waals surface area contributed by atoms with Crippen molar-refractivity contribution in [3.05, 3.63) is 102 Å². The Bertz CT molecular complexity index is 1740. The van der Waals surface area contributed by atoms with Crippen molar-refractivity contribution >= 4 is 11.8 Å². The smallest absolute Gasteiger partial charge is 0.309 e. The van der Waals surface area contributed by atoms with E-state index in [1.165, 1.54) is 19.3 Å². The molecule has 9 heteroatoms. The number of carbonyl (C=O) groups is 1. The molecule has 1 aromatic carbocycles. The number of nitrogens with two attached hydrogens (primary N) is 1. The first-order valence-electron chi connectivity index (χ1n) is 20.8. The van der Waals surface area contributed by atoms with Crippen molar-refractivity contribution in [1.82, 2.24) is 9.97 Å². The molecule has 8 N–H and O–H groups in total. The minimum absolute atomic E-state index is 0.111. The molecule has 55 heavy (non-hydrogen) atoms. The third-order valence-electron chi connectivity index (χ3n) is 13.0. The first-order chi connectivity index (χ1) is 26.5. The predicted molar refractivity (Wildman–Crippen MR) is 216 cm³/mol. The topological polar surface area (TPSA) is 173 Å². The first-order valence-corrected chi connectivity index (χ1v) is 20.8. The Morgan fingerprint density at radius 2 is 1.75 bits per heavy atom. The lowest BCUT2D eigenvalue weighted by Crippen LogP contribution is -2.48. The number of aromatic amines is 1. The van der Waals surface area contributed by atoms with Gasteiger partial charge in [0.2, 0.25) is 0 Å². The number of aliphatic hydroxyl groups is 3. The standard InChI is InChI=1S/C46H63N3O6/c1-2-3-5-8-30-11-14-34(42(51)24-30)9-6-4-7-10-40(45(53)54)44(52)35-15-18-41-36(22-32-19-20-48-43(47)25-32)26-37(46(41,55)28-35)27-38-23-33(29-49-38)21-31-12-16-39(50)17-13-31/h11-20,23,25,29-30,34-37,40-42,44,49-52,55H,2-10,21-22,24,26-28H2,1H3,(H2,47,48)(H,53,54)/t30-,34-,35-,36+,37+,40+,41+,42-,44-,46+/m1/s1. The Morgan fingerprint density at radius 1 is 0.945 bits per heavy atom. The summed E-state index contributed by atoms with van der Waals surface area (Å²) in [7, 11) is 0. The van der Waals surface area contributed by atoms with Crippen LogP contribution in [0.4, 0.5) is 5.82 Å². The molecule has 2 aromatic heterocycles. The molecular weight excluding hydrogens is 691 g/mol. The van der Waals surface area contributed by atoms with Gasteiger partial charge in [-0.3, -0.25) is 4.79 Å². The van der Waals surface area contributed by atoms with E-state index < -0.39 is 29.5 Å². The van der Waals surface area contributed by atoms with Crippen molar-refractivity contribution in [2.45, 2.75) is 121 Å². The summed E-state index contributed by atoms with van der Waals surface area (Å²) in [4.78, 5) is 20.2. The number of hydrogen-bond donors (Lipinski definition) is 7. The number of anilines is 1. The molecule has 0 radical (unpaired) electrons. The number of aromatic nitrogens is 2. The number of allylic oxidation sites excluding steroid dienone is 1. The molecule has 1 fully saturated rings. The Hall–Kier alpha value is -3.92. The number of H-pyrrole nitrogens is 1. The molecule has 3 aliphatic carbocycles. The summed E-state index contributed by atoms with van der Waals surface area (Å²) in [6.45, 7) is 2.21. The van der Waals surface area contributed by atoms with Gasteiger partial charge in [0.25, 0.3) is 0 Å². The molecule has 3 aliphatic rings. The number of aliphatic carboxylic acids is 1. The number of pyridine rings is 1. The van der Waals surface area contributed by atoms with Crippen LogP contribution in [0.25, 0.3) is 0 Å². The number of fused-ring (bicyclic) bond motifs is 1. The van der Waals surface area contributed by atoms with E-state index in [1.807, 2.05) is 42.6 Å². The number of aromatic hydroxyl groups is 1. The second-order valence-corrected chi connectivity index (χ2v) is 17.0. The first kappa shape index (κ1) is 40.7. The van der Waals surface area contributed by atoms with Crippen molar-refractivity contribution in [3.8, 4) is 5.75 Å². The lowest BCUT2D eigenvalue weighted by molar-refractivity contribution is -0.148. The maximum Gasteiger partial charge on any atom is 0.309 e. The number of aliphatic hydroxyl groups excluding tert-OH is 2. The summed E-state index contributed by atoms with van der Waals surface area (Å²) in [5, 5.41) is 55.1. The van der Waals surface area contributed by atoms with Gasteiger partial charge in [0, 0.05) is 35.8 Å². The van der Waals surface area contributed by atoms with Crippen LogP contribution < -0.4 is 5.73 Å². The Labute approximate surface area is 326 Å². The van der Waals surface area contributed by atoms with Crippen molar-refractivity contribution in [3.63, 3.8) is 0 Å². The highest BCUT2D eigenvalue weighted by Gasteiger charge is 2.55. The number of phenols is 1. The van der Waals surface area contributed by atoms with Crippen molar-refractivity contribution in [2.24, 2.45) is 41.4 Å². The van der Waals surface area contributed by atoms with E-state index in [0.29, 0.717) is 43.8 Å². The highest BCUT2D eigenvalue weighted by Crippen LogP contribution is 2.54. The predicted octanol–water partition coefficient (Wildman–Crippen LogP) is 7.78. The van der Waals surface area contributed by atoms with E-state index in [1.54, 1.807) is 18.3 Å². The normalized spacial score (nSPS) is 28.5. The maximum atomic E-state index is 12.7. The Balaban J connectivity index is 1.09. The van der Waals surface area contributed by atoms with Crippen LogP contribution in [0.3, 0.4) is 0 Å². The van der Waals surface area contributed by atoms with E-state index >= 15 is 0 Å². The largest absolute Gasteiger partial charge is 0.508 e. The summed E-state index contributed by atoms with van der Waals surface area (Å²) >= 11 is 0. The van der Waals surface area contributed by atoms with Crippen LogP contribution >= 0.6 is 0 Å². The van der Waals surface area contributed by atoms with E-state index in [4.69, 9.17) is 5.73 Å². The lowest BCUT2D eigenvalue weighted by atomic mass is 9.68. The zero-order valence-electron chi connectivity index (χ0n) is 32.5. The molecule has 1 saturated carbocycles. The highest BCUT2D eigenvalue weighted by molar-refractivity contribution is 5.70. The molecular formula is C46H63N3O6. The summed E-state index contributed by atoms with van der Waals surface area (Å²) in [5.74, 6) is -1.22. The molecule has 3 aromatic rings. The molecule has 298 valence electrons. The number of nitrogen functional groups attached to an aromatic ring is 1. The maximum absolute atomic E-state index is 12.7. The monoisotopic (exact) mass is 753 g/mol. The molecule has 9 nitrogen and oxygen atoms in total. The number of nitrogens with one attached hydrogen (secondary N) is 1. The zero-order chi connectivity index (χ0) is 39.0. The van der Waals surface area contributed by atoms with Gasteiger partial charge in [0.15, 0.2) is 0 Å². The lowest BCUT2D eigenvalue weighted by Gasteiger charge is -2.42. The van der Waals surface area contributed by atoms with Crippen LogP contribution in [0.15, 0.2) is 79.2 Å². The van der Waals surface area contributed by atoms with Gasteiger partial charge in [-0.15, -0.1) is 0 Å². The van der Waals surface area contributed by atoms with Gasteiger partial charge in [-0.2, -0.15) is 0 Å². The number of carboxylic acids is 1. The number of carboxylic acid groups (broad SMARTS) is 1. The van der Waals surface area contributed by atoms with Gasteiger partial charge in [0.05, 0.1) is 23.7 Å². The van der Waals surface area contributed by atoms with Crippen LogP contribution in [0.1, 0.15) is 106 Å². The number of unbranched alkanes of at least 4 members (excludes halogenated alkanes) is 4. The highest BCUT2D eigenvalue weighted by atomic mass is 16.4. The second-order valence-electron chi connectivity index (χ2n) is 17.0. The summed E-state index contributed by atoms with van der Waals surface area (Å²) in [5.41, 5.74) is 9.20. The van der Waals surface area contributed by atoms with E-state index in [9.17, 15) is 30.3 Å². The summed E-state index contributed by atoms with van der Waals surface area (Å²) in [6.07, 6.45) is 23.2. The van der Waals surface area contributed by atoms with Crippen LogP contribution in [0.5, 0.6) is 5.75 Å². The number of nitrogens with zero attached hydrogens (tertiary/aromatic N) is 1. The van der Waals surface area contributed by atoms with E-state index in [2.05, 4.69) is 35.1 Å². The molecule has 0 bridgehead atoms. The number of hydrogen-bond acceptors (Lipinski definition) is 7. The second kappa shape index (κ2) is 18.8. The molecule has 0 amide bonds. The summed E-state index contributed by atoms with van der Waals surface area (Å²) < 4.78 is 0. The number of benzene rings is 1.